The molecule has 0 aliphatic rings. The Bertz CT molecular complexity index is 905. The normalized spacial score (nSPS) is 14.4. The lowest BCUT2D eigenvalue weighted by molar-refractivity contribution is -0.141. The lowest BCUT2D eigenvalue weighted by Gasteiger charge is -2.21. The molecule has 1 amide bonds. The highest BCUT2D eigenvalue weighted by Crippen LogP contribution is 2.42. The van der Waals surface area contributed by atoms with E-state index in [-0.39, 0.29) is 6.42 Å². The van der Waals surface area contributed by atoms with Crippen LogP contribution < -0.4 is 5.32 Å². The van der Waals surface area contributed by atoms with Gasteiger partial charge < -0.3 is 20.1 Å². The molecule has 2 aromatic carbocycles. The van der Waals surface area contributed by atoms with Gasteiger partial charge in [0.05, 0.1) is 12.2 Å². The number of alkyl carbamates (subject to hydrolysis) is 1. The number of hydrogen-bond acceptors (Lipinski definition) is 4. The van der Waals surface area contributed by atoms with Gasteiger partial charge in [-0.2, -0.15) is 0 Å². The van der Waals surface area contributed by atoms with Gasteiger partial charge in [0.15, 0.2) is 0 Å². The van der Waals surface area contributed by atoms with Crippen molar-refractivity contribution in [3.63, 3.8) is 0 Å². The predicted octanol–water partition coefficient (Wildman–Crippen LogP) is 4.35. The van der Waals surface area contributed by atoms with Crippen molar-refractivity contribution in [3.05, 3.63) is 60.2 Å². The first-order valence-electron chi connectivity index (χ1n) is 9.60. The molecule has 0 radical (unpaired) electrons. The van der Waals surface area contributed by atoms with Gasteiger partial charge in [0, 0.05) is 6.16 Å². The summed E-state index contributed by atoms with van der Waals surface area (Å²) >= 11 is 0. The maximum atomic E-state index is 12.5. The van der Waals surface area contributed by atoms with E-state index < -0.39 is 43.4 Å². The molecule has 2 rings (SSSR count). The Hall–Kier alpha value is -2.63. The van der Waals surface area contributed by atoms with Gasteiger partial charge in [0.2, 0.25) is 7.37 Å². The van der Waals surface area contributed by atoms with E-state index in [1.807, 2.05) is 54.6 Å². The molecule has 0 bridgehead atoms. The number of carbonyl (C=O) groups is 2. The highest BCUT2D eigenvalue weighted by molar-refractivity contribution is 7.58. The number of ether oxygens (including phenoxy) is 1. The molecule has 0 saturated heterocycles. The Kier molecular flexibility index (Phi) is 7.82. The summed E-state index contributed by atoms with van der Waals surface area (Å²) in [4.78, 5) is 33.5. The first-order valence-corrected chi connectivity index (χ1v) is 11.6. The summed E-state index contributed by atoms with van der Waals surface area (Å²) in [7, 11) is -3.91. The molecule has 3 N–H and O–H groups in total. The number of aliphatic carboxylic acids is 1. The van der Waals surface area contributed by atoms with E-state index >= 15 is 0 Å². The van der Waals surface area contributed by atoms with Crippen molar-refractivity contribution in [3.8, 4) is 11.1 Å². The Morgan fingerprint density at radius 3 is 2.13 bits per heavy atom. The molecule has 1 unspecified atom stereocenters. The fraction of sp³-hybridized carbons (Fsp3) is 0.364. The maximum Gasteiger partial charge on any atom is 0.408 e. The number of hydrogen-bond donors (Lipinski definition) is 3. The smallest absolute Gasteiger partial charge is 0.408 e. The average molecular weight is 433 g/mol. The summed E-state index contributed by atoms with van der Waals surface area (Å²) in [6.07, 6.45) is -1.70. The van der Waals surface area contributed by atoms with Crippen molar-refractivity contribution in [1.29, 1.82) is 0 Å². The molecule has 162 valence electrons. The van der Waals surface area contributed by atoms with Gasteiger partial charge in [-0.3, -0.25) is 9.36 Å². The van der Waals surface area contributed by atoms with E-state index in [4.69, 9.17) is 4.74 Å². The van der Waals surface area contributed by atoms with Crippen LogP contribution in [0.1, 0.15) is 26.3 Å². The lowest BCUT2D eigenvalue weighted by Crippen LogP contribution is -2.34. The van der Waals surface area contributed by atoms with Crippen LogP contribution in [0, 0.1) is 5.92 Å². The van der Waals surface area contributed by atoms with Crippen LogP contribution in [-0.2, 0) is 20.5 Å². The summed E-state index contributed by atoms with van der Waals surface area (Å²) < 4.78 is 17.5. The molecule has 8 heteroatoms. The monoisotopic (exact) mass is 433 g/mol. The standard InChI is InChI=1S/C22H28NO6P/c1-22(2,3)29-21(26)23-15-30(27,28)14-19(20(24)25)13-16-9-11-18(12-10-16)17-7-5-4-6-8-17/h4-12,19H,13-15H2,1-3H3,(H,23,26)(H,24,25)(H,27,28)/t19-/m0/s1. The Morgan fingerprint density at radius 1 is 1.03 bits per heavy atom. The van der Waals surface area contributed by atoms with Gasteiger partial charge in [0.25, 0.3) is 0 Å². The zero-order valence-electron chi connectivity index (χ0n) is 17.4. The molecular formula is C22H28NO6P. The zero-order valence-corrected chi connectivity index (χ0v) is 18.3. The summed E-state index contributed by atoms with van der Waals surface area (Å²) in [5.41, 5.74) is 2.06. The van der Waals surface area contributed by atoms with Crippen LogP contribution in [0.2, 0.25) is 0 Å². The number of carboxylic acid groups (broad SMARTS) is 1. The molecule has 0 aromatic heterocycles. The van der Waals surface area contributed by atoms with Crippen LogP contribution in [0.4, 0.5) is 4.79 Å². The second kappa shape index (κ2) is 9.92. The van der Waals surface area contributed by atoms with Gasteiger partial charge >= 0.3 is 12.1 Å². The third kappa shape index (κ3) is 8.01. The number of carbonyl (C=O) groups excluding carboxylic acids is 1. The molecule has 0 aliphatic heterocycles. The SMILES string of the molecule is CC(C)(C)OC(=O)NCP(=O)(O)C[C@H](Cc1ccc(-c2ccccc2)cc1)C(=O)O. The second-order valence-electron chi connectivity index (χ2n) is 8.17. The van der Waals surface area contributed by atoms with Crippen molar-refractivity contribution < 1.29 is 28.9 Å². The van der Waals surface area contributed by atoms with Crippen molar-refractivity contribution in [1.82, 2.24) is 5.32 Å². The summed E-state index contributed by atoms with van der Waals surface area (Å²) in [5, 5.41) is 11.8. The van der Waals surface area contributed by atoms with Crippen LogP contribution in [0.3, 0.4) is 0 Å². The van der Waals surface area contributed by atoms with Gasteiger partial charge in [-0.15, -0.1) is 0 Å². The van der Waals surface area contributed by atoms with Crippen molar-refractivity contribution in [2.75, 3.05) is 12.4 Å². The predicted molar refractivity (Wildman–Crippen MR) is 116 cm³/mol. The summed E-state index contributed by atoms with van der Waals surface area (Å²) in [5.74, 6) is -2.21. The molecule has 0 fully saturated rings. The number of rotatable bonds is 8. The van der Waals surface area contributed by atoms with E-state index in [1.165, 1.54) is 0 Å². The van der Waals surface area contributed by atoms with Gasteiger partial charge in [-0.1, -0.05) is 54.6 Å². The van der Waals surface area contributed by atoms with Gasteiger partial charge in [-0.25, -0.2) is 4.79 Å². The van der Waals surface area contributed by atoms with E-state index in [0.717, 1.165) is 16.7 Å². The van der Waals surface area contributed by atoms with Crippen LogP contribution in [-0.4, -0.2) is 40.1 Å². The van der Waals surface area contributed by atoms with E-state index in [2.05, 4.69) is 5.32 Å². The fourth-order valence-electron chi connectivity index (χ4n) is 2.89. The molecule has 2 aromatic rings. The van der Waals surface area contributed by atoms with Crippen molar-refractivity contribution in [2.45, 2.75) is 32.8 Å². The van der Waals surface area contributed by atoms with Crippen LogP contribution in [0.25, 0.3) is 11.1 Å². The fourth-order valence-corrected chi connectivity index (χ4v) is 4.37. The van der Waals surface area contributed by atoms with Gasteiger partial charge in [-0.05, 0) is 43.9 Å². The summed E-state index contributed by atoms with van der Waals surface area (Å²) in [6.45, 7) is 5.03. The maximum absolute atomic E-state index is 12.5. The highest BCUT2D eigenvalue weighted by atomic mass is 31.2. The van der Waals surface area contributed by atoms with Crippen LogP contribution in [0.15, 0.2) is 54.6 Å². The van der Waals surface area contributed by atoms with Crippen LogP contribution in [0.5, 0.6) is 0 Å². The van der Waals surface area contributed by atoms with E-state index in [9.17, 15) is 24.2 Å². The van der Waals surface area contributed by atoms with E-state index in [0.29, 0.717) is 0 Å². The molecule has 30 heavy (non-hydrogen) atoms. The molecule has 7 nitrogen and oxygen atoms in total. The molecule has 0 heterocycles. The number of carboxylic acids is 1. The molecule has 2 atom stereocenters. The molecule has 0 aliphatic carbocycles. The van der Waals surface area contributed by atoms with Crippen molar-refractivity contribution in [2.24, 2.45) is 5.92 Å². The minimum absolute atomic E-state index is 0.112. The van der Waals surface area contributed by atoms with Gasteiger partial charge in [0.1, 0.15) is 5.60 Å². The Labute approximate surface area is 176 Å². The van der Waals surface area contributed by atoms with E-state index in [1.54, 1.807) is 20.8 Å². The number of nitrogens with one attached hydrogen (secondary N) is 1. The minimum atomic E-state index is -3.91. The number of amides is 1. The number of benzene rings is 2. The molecule has 0 saturated carbocycles. The minimum Gasteiger partial charge on any atom is -0.481 e. The first kappa shape index (κ1) is 23.6. The zero-order chi connectivity index (χ0) is 22.4. The molecular weight excluding hydrogens is 405 g/mol. The quantitative estimate of drug-likeness (QED) is 0.534. The average Bonchev–Trinajstić information content (AvgIpc) is 2.66. The van der Waals surface area contributed by atoms with Crippen LogP contribution >= 0.6 is 7.37 Å². The highest BCUT2D eigenvalue weighted by Gasteiger charge is 2.30. The Balaban J connectivity index is 1.99. The van der Waals surface area contributed by atoms with Crippen molar-refractivity contribution >= 4 is 19.4 Å². The largest absolute Gasteiger partial charge is 0.481 e. The third-order valence-corrected chi connectivity index (χ3v) is 5.93. The molecule has 0 spiro atoms. The third-order valence-electron chi connectivity index (χ3n) is 4.27. The lowest BCUT2D eigenvalue weighted by atomic mass is 9.98. The first-order chi connectivity index (χ1) is 14.0. The topological polar surface area (TPSA) is 113 Å². The summed E-state index contributed by atoms with van der Waals surface area (Å²) in [6, 6.07) is 17.2. The Morgan fingerprint density at radius 2 is 1.60 bits per heavy atom. The second-order valence-corrected chi connectivity index (χ2v) is 10.5.